The Morgan fingerprint density at radius 3 is 2.42 bits per heavy atom. The van der Waals surface area contributed by atoms with Crippen molar-refractivity contribution in [3.05, 3.63) is 29.8 Å². The molecule has 0 bridgehead atoms. The molecule has 0 unspecified atom stereocenters. The maximum absolute atomic E-state index is 12.0. The highest BCUT2D eigenvalue weighted by molar-refractivity contribution is 5.96. The van der Waals surface area contributed by atoms with E-state index in [1.807, 2.05) is 20.8 Å². The minimum absolute atomic E-state index is 0.0109. The predicted octanol–water partition coefficient (Wildman–Crippen LogP) is 2.06. The third-order valence-electron chi connectivity index (χ3n) is 4.11. The molecule has 1 aliphatic heterocycles. The number of phenols is 1. The van der Waals surface area contributed by atoms with Gasteiger partial charge < -0.3 is 20.1 Å². The lowest BCUT2D eigenvalue weighted by atomic mass is 10.2. The molecule has 1 aromatic rings. The fraction of sp³-hybridized carbons (Fsp3) is 0.579. The van der Waals surface area contributed by atoms with Crippen LogP contribution in [0.1, 0.15) is 37.6 Å². The molecular formula is C19H29N3O4. The third-order valence-corrected chi connectivity index (χ3v) is 4.11. The van der Waals surface area contributed by atoms with E-state index in [-0.39, 0.29) is 17.7 Å². The zero-order valence-electron chi connectivity index (χ0n) is 15.8. The number of nitrogens with one attached hydrogen (secondary N) is 1. The fourth-order valence-corrected chi connectivity index (χ4v) is 2.75. The molecule has 2 amide bonds. The van der Waals surface area contributed by atoms with E-state index in [0.29, 0.717) is 25.2 Å². The van der Waals surface area contributed by atoms with Crippen molar-refractivity contribution in [2.24, 2.45) is 0 Å². The van der Waals surface area contributed by atoms with Gasteiger partial charge in [0.25, 0.3) is 5.91 Å². The van der Waals surface area contributed by atoms with Gasteiger partial charge in [-0.25, -0.2) is 4.79 Å². The van der Waals surface area contributed by atoms with Gasteiger partial charge in [0.1, 0.15) is 11.4 Å². The number of rotatable bonds is 5. The molecule has 7 heteroatoms. The van der Waals surface area contributed by atoms with E-state index in [1.54, 1.807) is 23.1 Å². The zero-order valence-corrected chi connectivity index (χ0v) is 15.8. The number of carbonyl (C=O) groups excluding carboxylic acids is 2. The van der Waals surface area contributed by atoms with Crippen molar-refractivity contribution >= 4 is 12.0 Å². The van der Waals surface area contributed by atoms with Crippen molar-refractivity contribution in [3.8, 4) is 5.75 Å². The van der Waals surface area contributed by atoms with Crippen LogP contribution in [0.25, 0.3) is 0 Å². The summed E-state index contributed by atoms with van der Waals surface area (Å²) in [7, 11) is 0. The second-order valence-electron chi connectivity index (χ2n) is 7.44. The van der Waals surface area contributed by atoms with Crippen molar-refractivity contribution < 1.29 is 19.4 Å². The topological polar surface area (TPSA) is 82.1 Å². The molecule has 144 valence electrons. The minimum Gasteiger partial charge on any atom is -0.507 e. The third kappa shape index (κ3) is 6.22. The number of phenolic OH excluding ortho intramolecular Hbond substituents is 1. The van der Waals surface area contributed by atoms with E-state index in [9.17, 15) is 14.7 Å². The van der Waals surface area contributed by atoms with Gasteiger partial charge in [0.15, 0.2) is 0 Å². The van der Waals surface area contributed by atoms with Crippen molar-refractivity contribution in [1.82, 2.24) is 15.1 Å². The molecule has 2 rings (SSSR count). The van der Waals surface area contributed by atoms with E-state index in [1.165, 1.54) is 6.07 Å². The van der Waals surface area contributed by atoms with Crippen LogP contribution in [0.5, 0.6) is 5.75 Å². The van der Waals surface area contributed by atoms with E-state index < -0.39 is 5.60 Å². The Kier molecular flexibility index (Phi) is 6.85. The Morgan fingerprint density at radius 2 is 1.81 bits per heavy atom. The van der Waals surface area contributed by atoms with Gasteiger partial charge in [-0.3, -0.25) is 9.69 Å². The Bertz CT molecular complexity index is 619. The first-order valence-corrected chi connectivity index (χ1v) is 9.03. The first-order chi connectivity index (χ1) is 12.3. The smallest absolute Gasteiger partial charge is 0.410 e. The summed E-state index contributed by atoms with van der Waals surface area (Å²) < 4.78 is 5.39. The quantitative estimate of drug-likeness (QED) is 0.783. The molecule has 26 heavy (non-hydrogen) atoms. The van der Waals surface area contributed by atoms with Gasteiger partial charge in [-0.1, -0.05) is 12.1 Å². The predicted molar refractivity (Wildman–Crippen MR) is 99.3 cm³/mol. The van der Waals surface area contributed by atoms with Crippen LogP contribution in [0.2, 0.25) is 0 Å². The van der Waals surface area contributed by atoms with Crippen LogP contribution >= 0.6 is 0 Å². The molecule has 7 nitrogen and oxygen atoms in total. The molecular weight excluding hydrogens is 334 g/mol. The lowest BCUT2D eigenvalue weighted by Gasteiger charge is -2.35. The maximum Gasteiger partial charge on any atom is 0.410 e. The number of hydrogen-bond donors (Lipinski definition) is 2. The number of nitrogens with zero attached hydrogens (tertiary/aromatic N) is 2. The van der Waals surface area contributed by atoms with E-state index in [2.05, 4.69) is 10.2 Å². The summed E-state index contributed by atoms with van der Waals surface area (Å²) >= 11 is 0. The molecule has 0 spiro atoms. The van der Waals surface area contributed by atoms with Crippen molar-refractivity contribution in [1.29, 1.82) is 0 Å². The summed E-state index contributed by atoms with van der Waals surface area (Å²) in [6, 6.07) is 6.50. The summed E-state index contributed by atoms with van der Waals surface area (Å²) in [6.07, 6.45) is 0.554. The fourth-order valence-electron chi connectivity index (χ4n) is 2.75. The van der Waals surface area contributed by atoms with E-state index in [4.69, 9.17) is 4.74 Å². The molecule has 0 atom stereocenters. The minimum atomic E-state index is -0.473. The van der Waals surface area contributed by atoms with Gasteiger partial charge in [-0.2, -0.15) is 0 Å². The average Bonchev–Trinajstić information content (AvgIpc) is 2.58. The van der Waals surface area contributed by atoms with Crippen LogP contribution in [0, 0.1) is 0 Å². The molecule has 1 aliphatic rings. The Balaban J connectivity index is 1.64. The molecule has 1 saturated heterocycles. The van der Waals surface area contributed by atoms with Gasteiger partial charge in [0.05, 0.1) is 5.56 Å². The highest BCUT2D eigenvalue weighted by atomic mass is 16.6. The summed E-state index contributed by atoms with van der Waals surface area (Å²) in [5, 5.41) is 12.5. The number of piperazine rings is 1. The normalized spacial score (nSPS) is 15.6. The van der Waals surface area contributed by atoms with E-state index in [0.717, 1.165) is 26.1 Å². The lowest BCUT2D eigenvalue weighted by molar-refractivity contribution is 0.0144. The molecule has 0 aromatic heterocycles. The lowest BCUT2D eigenvalue weighted by Crippen LogP contribution is -2.50. The van der Waals surface area contributed by atoms with Crippen LogP contribution < -0.4 is 5.32 Å². The van der Waals surface area contributed by atoms with E-state index >= 15 is 0 Å². The Morgan fingerprint density at radius 1 is 1.15 bits per heavy atom. The number of ether oxygens (including phenoxy) is 1. The van der Waals surface area contributed by atoms with Crippen molar-refractivity contribution in [2.75, 3.05) is 39.3 Å². The average molecular weight is 363 g/mol. The number of para-hydroxylation sites is 1. The monoisotopic (exact) mass is 363 g/mol. The molecule has 1 fully saturated rings. The van der Waals surface area contributed by atoms with Gasteiger partial charge in [-0.05, 0) is 45.9 Å². The Labute approximate surface area is 154 Å². The van der Waals surface area contributed by atoms with Gasteiger partial charge >= 0.3 is 6.09 Å². The highest BCUT2D eigenvalue weighted by Crippen LogP contribution is 2.15. The summed E-state index contributed by atoms with van der Waals surface area (Å²) in [5.41, 5.74) is -0.182. The summed E-state index contributed by atoms with van der Waals surface area (Å²) in [6.45, 7) is 9.89. The number of hydrogen-bond acceptors (Lipinski definition) is 5. The van der Waals surface area contributed by atoms with Crippen LogP contribution in [0.3, 0.4) is 0 Å². The first-order valence-electron chi connectivity index (χ1n) is 9.03. The SMILES string of the molecule is CC(C)(C)OC(=O)N1CCN(CCCNC(=O)c2ccccc2O)CC1. The zero-order chi connectivity index (χ0) is 19.2. The van der Waals surface area contributed by atoms with Crippen LogP contribution in [0.4, 0.5) is 4.79 Å². The summed E-state index contributed by atoms with van der Waals surface area (Å²) in [4.78, 5) is 28.0. The van der Waals surface area contributed by atoms with Crippen LogP contribution in [-0.2, 0) is 4.74 Å². The number of benzene rings is 1. The highest BCUT2D eigenvalue weighted by Gasteiger charge is 2.25. The summed E-state index contributed by atoms with van der Waals surface area (Å²) in [5.74, 6) is -0.277. The van der Waals surface area contributed by atoms with Gasteiger partial charge in [0.2, 0.25) is 0 Å². The second-order valence-corrected chi connectivity index (χ2v) is 7.44. The molecule has 0 saturated carbocycles. The second kappa shape index (κ2) is 8.89. The molecule has 0 radical (unpaired) electrons. The largest absolute Gasteiger partial charge is 0.507 e. The Hall–Kier alpha value is -2.28. The van der Waals surface area contributed by atoms with Crippen LogP contribution in [0.15, 0.2) is 24.3 Å². The van der Waals surface area contributed by atoms with Crippen molar-refractivity contribution in [2.45, 2.75) is 32.8 Å². The van der Waals surface area contributed by atoms with Crippen LogP contribution in [-0.4, -0.2) is 71.8 Å². The van der Waals surface area contributed by atoms with Gasteiger partial charge in [0, 0.05) is 32.7 Å². The molecule has 2 N–H and O–H groups in total. The molecule has 1 heterocycles. The molecule has 1 aromatic carbocycles. The standard InChI is InChI=1S/C19H29N3O4/c1-19(2,3)26-18(25)22-13-11-21(12-14-22)10-6-9-20-17(24)15-7-4-5-8-16(15)23/h4-5,7-8,23H,6,9-14H2,1-3H3,(H,20,24). The molecule has 0 aliphatic carbocycles. The number of carbonyl (C=O) groups is 2. The number of amides is 2. The van der Waals surface area contributed by atoms with Crippen molar-refractivity contribution in [3.63, 3.8) is 0 Å². The van der Waals surface area contributed by atoms with Gasteiger partial charge in [-0.15, -0.1) is 0 Å². The first kappa shape index (κ1) is 20.0. The maximum atomic E-state index is 12.0. The number of aromatic hydroxyl groups is 1.